The maximum Gasteiger partial charge on any atom is 0.409 e. The van der Waals surface area contributed by atoms with Crippen molar-refractivity contribution >= 4 is 12.2 Å². The Labute approximate surface area is 82.7 Å². The maximum atomic E-state index is 11.3. The summed E-state index contributed by atoms with van der Waals surface area (Å²) in [7, 11) is 0. The van der Waals surface area contributed by atoms with Gasteiger partial charge in [-0.3, -0.25) is 0 Å². The molecule has 1 heterocycles. The van der Waals surface area contributed by atoms with E-state index in [1.165, 1.54) is 0 Å². The van der Waals surface area contributed by atoms with E-state index in [0.29, 0.717) is 32.5 Å². The van der Waals surface area contributed by atoms with Crippen LogP contribution in [-0.4, -0.2) is 42.8 Å². The maximum absolute atomic E-state index is 11.3. The molecule has 1 rings (SSSR count). The van der Waals surface area contributed by atoms with Gasteiger partial charge in [-0.15, -0.1) is 0 Å². The van der Waals surface area contributed by atoms with Crippen LogP contribution < -0.4 is 0 Å². The summed E-state index contributed by atoms with van der Waals surface area (Å²) < 4.78 is 4.86. The first kappa shape index (κ1) is 10.7. The molecule has 1 aliphatic heterocycles. The van der Waals surface area contributed by atoms with Gasteiger partial charge in [0.25, 0.3) is 0 Å². The Morgan fingerprint density at radius 3 is 2.71 bits per heavy atom. The molecule has 1 saturated heterocycles. The molecule has 0 aromatic rings. The molecule has 78 valence electrons. The van der Waals surface area contributed by atoms with E-state index >= 15 is 0 Å². The number of amides is 1. The van der Waals surface area contributed by atoms with Gasteiger partial charge in [0.2, 0.25) is 6.08 Å². The fraction of sp³-hybridized carbons (Fsp3) is 0.778. The molecule has 14 heavy (non-hydrogen) atoms. The minimum absolute atomic E-state index is 0.0261. The second-order valence-corrected chi connectivity index (χ2v) is 3.14. The summed E-state index contributed by atoms with van der Waals surface area (Å²) in [6.07, 6.45) is 2.70. The van der Waals surface area contributed by atoms with Crippen molar-refractivity contribution in [3.05, 3.63) is 0 Å². The zero-order chi connectivity index (χ0) is 10.4. The zero-order valence-electron chi connectivity index (χ0n) is 8.23. The van der Waals surface area contributed by atoms with Crippen molar-refractivity contribution in [2.45, 2.75) is 25.8 Å². The topological polar surface area (TPSA) is 59.0 Å². The summed E-state index contributed by atoms with van der Waals surface area (Å²) in [5.74, 6) is 0. The lowest BCUT2D eigenvalue weighted by atomic mass is 10.1. The van der Waals surface area contributed by atoms with E-state index in [0.717, 1.165) is 0 Å². The summed E-state index contributed by atoms with van der Waals surface area (Å²) in [5.41, 5.74) is 0. The average molecular weight is 198 g/mol. The molecule has 0 radical (unpaired) electrons. The quantitative estimate of drug-likeness (QED) is 0.490. The van der Waals surface area contributed by atoms with E-state index in [9.17, 15) is 9.59 Å². The number of isocyanates is 1. The molecule has 0 bridgehead atoms. The number of aliphatic imine (C=N–C) groups is 1. The van der Waals surface area contributed by atoms with Gasteiger partial charge >= 0.3 is 6.09 Å². The van der Waals surface area contributed by atoms with Gasteiger partial charge in [-0.1, -0.05) is 0 Å². The zero-order valence-corrected chi connectivity index (χ0v) is 8.23. The fourth-order valence-corrected chi connectivity index (χ4v) is 1.47. The molecule has 5 nitrogen and oxygen atoms in total. The van der Waals surface area contributed by atoms with Crippen LogP contribution in [-0.2, 0) is 9.53 Å². The summed E-state index contributed by atoms with van der Waals surface area (Å²) in [6.45, 7) is 3.38. The molecule has 0 aliphatic carbocycles. The van der Waals surface area contributed by atoms with Crippen LogP contribution in [0.2, 0.25) is 0 Å². The predicted molar refractivity (Wildman–Crippen MR) is 49.7 cm³/mol. The molecule has 1 fully saturated rings. The third kappa shape index (κ3) is 2.85. The average Bonchev–Trinajstić information content (AvgIpc) is 2.20. The number of piperidine rings is 1. The van der Waals surface area contributed by atoms with Gasteiger partial charge in [-0.05, 0) is 19.8 Å². The van der Waals surface area contributed by atoms with Crippen LogP contribution in [0.15, 0.2) is 4.99 Å². The number of rotatable bonds is 2. The van der Waals surface area contributed by atoms with Gasteiger partial charge < -0.3 is 9.64 Å². The first-order valence-corrected chi connectivity index (χ1v) is 4.76. The smallest absolute Gasteiger partial charge is 0.409 e. The van der Waals surface area contributed by atoms with Gasteiger partial charge in [-0.2, -0.15) is 0 Å². The molecule has 0 spiro atoms. The molecule has 1 aliphatic rings. The Bertz CT molecular complexity index is 240. The summed E-state index contributed by atoms with van der Waals surface area (Å²) >= 11 is 0. The Hall–Kier alpha value is -1.35. The molecule has 0 unspecified atom stereocenters. The lowest BCUT2D eigenvalue weighted by molar-refractivity contribution is 0.0975. The molecule has 5 heteroatoms. The standard InChI is InChI=1S/C9H14N2O3/c1-2-14-9(13)11-5-3-8(4-6-11)10-7-12/h8H,2-6H2,1H3. The van der Waals surface area contributed by atoms with E-state index < -0.39 is 0 Å². The van der Waals surface area contributed by atoms with E-state index in [1.807, 2.05) is 0 Å². The van der Waals surface area contributed by atoms with Gasteiger partial charge in [0.05, 0.1) is 12.6 Å². The van der Waals surface area contributed by atoms with Crippen LogP contribution in [0.4, 0.5) is 4.79 Å². The second kappa shape index (κ2) is 5.40. The fourth-order valence-electron chi connectivity index (χ4n) is 1.47. The summed E-state index contributed by atoms with van der Waals surface area (Å²) in [5, 5.41) is 0. The van der Waals surface area contributed by atoms with Gasteiger partial charge in [0.15, 0.2) is 0 Å². The number of hydrogen-bond acceptors (Lipinski definition) is 4. The van der Waals surface area contributed by atoms with E-state index in [1.54, 1.807) is 17.9 Å². The lowest BCUT2D eigenvalue weighted by Gasteiger charge is -2.28. The van der Waals surface area contributed by atoms with Crippen molar-refractivity contribution in [3.63, 3.8) is 0 Å². The summed E-state index contributed by atoms with van der Waals surface area (Å²) in [6, 6.07) is 0.0261. The SMILES string of the molecule is CCOC(=O)N1CCC(N=C=O)CC1. The third-order valence-corrected chi connectivity index (χ3v) is 2.23. The molecule has 0 N–H and O–H groups in total. The molecule has 0 aromatic heterocycles. The van der Waals surface area contributed by atoms with E-state index in [-0.39, 0.29) is 12.1 Å². The normalized spacial score (nSPS) is 17.4. The third-order valence-electron chi connectivity index (χ3n) is 2.23. The van der Waals surface area contributed by atoms with Crippen molar-refractivity contribution in [1.29, 1.82) is 0 Å². The number of ether oxygens (including phenoxy) is 1. The minimum atomic E-state index is -0.277. The highest BCUT2D eigenvalue weighted by molar-refractivity contribution is 5.67. The highest BCUT2D eigenvalue weighted by Crippen LogP contribution is 2.13. The van der Waals surface area contributed by atoms with Crippen molar-refractivity contribution in [2.75, 3.05) is 19.7 Å². The number of likely N-dealkylation sites (tertiary alicyclic amines) is 1. The molecule has 0 atom stereocenters. The Morgan fingerprint density at radius 1 is 1.57 bits per heavy atom. The highest BCUT2D eigenvalue weighted by atomic mass is 16.6. The molecule has 1 amide bonds. The number of nitrogens with zero attached hydrogens (tertiary/aromatic N) is 2. The Morgan fingerprint density at radius 2 is 2.21 bits per heavy atom. The van der Waals surface area contributed by atoms with Gasteiger partial charge in [0.1, 0.15) is 0 Å². The first-order valence-electron chi connectivity index (χ1n) is 4.76. The predicted octanol–water partition coefficient (Wildman–Crippen LogP) is 0.943. The van der Waals surface area contributed by atoms with Crippen molar-refractivity contribution in [2.24, 2.45) is 4.99 Å². The van der Waals surface area contributed by atoms with E-state index in [2.05, 4.69) is 4.99 Å². The summed E-state index contributed by atoms with van der Waals surface area (Å²) in [4.78, 5) is 26.5. The van der Waals surface area contributed by atoms with Crippen molar-refractivity contribution in [3.8, 4) is 0 Å². The van der Waals surface area contributed by atoms with Crippen molar-refractivity contribution < 1.29 is 14.3 Å². The van der Waals surface area contributed by atoms with Crippen LogP contribution in [0.1, 0.15) is 19.8 Å². The monoisotopic (exact) mass is 198 g/mol. The van der Waals surface area contributed by atoms with Crippen LogP contribution in [0.25, 0.3) is 0 Å². The van der Waals surface area contributed by atoms with Crippen LogP contribution >= 0.6 is 0 Å². The minimum Gasteiger partial charge on any atom is -0.450 e. The number of hydrogen-bond donors (Lipinski definition) is 0. The molecular weight excluding hydrogens is 184 g/mol. The van der Waals surface area contributed by atoms with Crippen LogP contribution in [0.3, 0.4) is 0 Å². The Balaban J connectivity index is 2.35. The first-order chi connectivity index (χ1) is 6.77. The number of carbonyl (C=O) groups is 1. The van der Waals surface area contributed by atoms with Crippen LogP contribution in [0, 0.1) is 0 Å². The highest BCUT2D eigenvalue weighted by Gasteiger charge is 2.22. The van der Waals surface area contributed by atoms with Crippen LogP contribution in [0.5, 0.6) is 0 Å². The largest absolute Gasteiger partial charge is 0.450 e. The molecule has 0 saturated carbocycles. The Kier molecular flexibility index (Phi) is 4.13. The van der Waals surface area contributed by atoms with Gasteiger partial charge in [-0.25, -0.2) is 14.6 Å². The number of carbonyl (C=O) groups excluding carboxylic acids is 2. The van der Waals surface area contributed by atoms with Gasteiger partial charge in [0, 0.05) is 13.1 Å². The van der Waals surface area contributed by atoms with Crippen molar-refractivity contribution in [1.82, 2.24) is 4.90 Å². The second-order valence-electron chi connectivity index (χ2n) is 3.14. The molecule has 0 aromatic carbocycles. The van der Waals surface area contributed by atoms with E-state index in [4.69, 9.17) is 4.74 Å². The lowest BCUT2D eigenvalue weighted by Crippen LogP contribution is -2.39. The molecular formula is C9H14N2O3.